The maximum atomic E-state index is 13.7. The molecule has 0 saturated carbocycles. The molecule has 39 heavy (non-hydrogen) atoms. The Hall–Kier alpha value is -3.03. The molecule has 1 spiro atoms. The van der Waals surface area contributed by atoms with Crippen molar-refractivity contribution in [2.75, 3.05) is 32.7 Å². The van der Waals surface area contributed by atoms with Crippen molar-refractivity contribution in [2.45, 2.75) is 81.6 Å². The van der Waals surface area contributed by atoms with Gasteiger partial charge in [0.2, 0.25) is 17.7 Å². The third kappa shape index (κ3) is 6.10. The molecule has 210 valence electrons. The van der Waals surface area contributed by atoms with Gasteiger partial charge >= 0.3 is 0 Å². The van der Waals surface area contributed by atoms with Gasteiger partial charge < -0.3 is 15.5 Å². The van der Waals surface area contributed by atoms with Crippen LogP contribution in [0.4, 0.5) is 8.78 Å². The largest absolute Gasteiger partial charge is 0.349 e. The fraction of sp³-hybridized carbons (Fsp3) is 0.621. The number of carbonyl (C=O) groups excluding carboxylic acids is 3. The lowest BCUT2D eigenvalue weighted by molar-refractivity contribution is -0.140. The zero-order valence-corrected chi connectivity index (χ0v) is 22.3. The zero-order valence-electron chi connectivity index (χ0n) is 22.3. The first-order chi connectivity index (χ1) is 18.8. The summed E-state index contributed by atoms with van der Waals surface area (Å²) < 4.78 is 27.1. The van der Waals surface area contributed by atoms with Crippen molar-refractivity contribution in [1.29, 1.82) is 0 Å². The van der Waals surface area contributed by atoms with Gasteiger partial charge in [0.15, 0.2) is 11.6 Å². The summed E-state index contributed by atoms with van der Waals surface area (Å²) in [7, 11) is 0. The van der Waals surface area contributed by atoms with Crippen molar-refractivity contribution in [1.82, 2.24) is 25.3 Å². The van der Waals surface area contributed by atoms with Gasteiger partial charge in [0.25, 0.3) is 0 Å². The Labute approximate surface area is 228 Å². The highest BCUT2D eigenvalue weighted by molar-refractivity contribution is 5.89. The number of rotatable bonds is 3. The number of halogens is 2. The van der Waals surface area contributed by atoms with Gasteiger partial charge in [0.1, 0.15) is 6.04 Å². The molecule has 2 N–H and O–H groups in total. The van der Waals surface area contributed by atoms with E-state index >= 15 is 0 Å². The summed E-state index contributed by atoms with van der Waals surface area (Å²) in [5.41, 5.74) is -0.104. The van der Waals surface area contributed by atoms with Crippen LogP contribution in [-0.4, -0.2) is 88.8 Å². The number of piperidine rings is 2. The van der Waals surface area contributed by atoms with Crippen molar-refractivity contribution in [3.63, 3.8) is 0 Å². The number of likely N-dealkylation sites (tertiary alicyclic amines) is 1. The average Bonchev–Trinajstić information content (AvgIpc) is 3.41. The highest BCUT2D eigenvalue weighted by atomic mass is 19.2. The van der Waals surface area contributed by atoms with Crippen LogP contribution < -0.4 is 10.6 Å². The van der Waals surface area contributed by atoms with Gasteiger partial charge in [0.05, 0.1) is 11.6 Å². The van der Waals surface area contributed by atoms with Crippen molar-refractivity contribution in [3.8, 4) is 12.3 Å². The van der Waals surface area contributed by atoms with E-state index in [1.165, 1.54) is 6.07 Å². The highest BCUT2D eigenvalue weighted by Crippen LogP contribution is 2.31. The van der Waals surface area contributed by atoms with Gasteiger partial charge in [-0.25, -0.2) is 8.78 Å². The van der Waals surface area contributed by atoms with E-state index in [2.05, 4.69) is 26.4 Å². The molecular weight excluding hydrogens is 504 g/mol. The van der Waals surface area contributed by atoms with Crippen LogP contribution in [0.15, 0.2) is 18.2 Å². The molecule has 6 rings (SSSR count). The second-order valence-corrected chi connectivity index (χ2v) is 11.5. The minimum absolute atomic E-state index is 0.0369. The Bertz CT molecular complexity index is 1140. The molecule has 2 atom stereocenters. The Kier molecular flexibility index (Phi) is 8.19. The number of hydrogen-bond donors (Lipinski definition) is 2. The molecule has 1 aromatic rings. The fourth-order valence-electron chi connectivity index (χ4n) is 6.74. The fourth-order valence-corrected chi connectivity index (χ4v) is 6.74. The molecular formula is C29H37F2N5O3. The van der Waals surface area contributed by atoms with Crippen molar-refractivity contribution >= 4 is 17.7 Å². The first-order valence-electron chi connectivity index (χ1n) is 14.0. The van der Waals surface area contributed by atoms with Gasteiger partial charge in [-0.05, 0) is 62.8 Å². The predicted octanol–water partition coefficient (Wildman–Crippen LogP) is 1.78. The van der Waals surface area contributed by atoms with E-state index in [-0.39, 0.29) is 42.6 Å². The maximum absolute atomic E-state index is 13.7. The standard InChI is InChI=1S/C29H37F2N5O3/c1-2-4-24-28(39)35-13-8-21(9-14-35)36-12-3-5-25(36)27(38)33-29(18-26(37)32-24)10-15-34(16-11-29)19-20-6-7-22(30)23(31)17-20/h1,6-7,17,21,24-25H,3-5,8-16,18-19H2,(H,32,37)(H,33,38)/t24-,25+/m1/s1. The van der Waals surface area contributed by atoms with E-state index in [0.717, 1.165) is 38.3 Å². The van der Waals surface area contributed by atoms with Crippen LogP contribution in [-0.2, 0) is 20.9 Å². The number of nitrogens with zero attached hydrogens (tertiary/aromatic N) is 3. The van der Waals surface area contributed by atoms with Gasteiger partial charge in [0, 0.05) is 51.6 Å². The maximum Gasteiger partial charge on any atom is 0.246 e. The average molecular weight is 542 g/mol. The van der Waals surface area contributed by atoms with Gasteiger partial charge in [-0.15, -0.1) is 12.3 Å². The summed E-state index contributed by atoms with van der Waals surface area (Å²) >= 11 is 0. The molecule has 5 fully saturated rings. The van der Waals surface area contributed by atoms with Gasteiger partial charge in [-0.1, -0.05) is 6.07 Å². The molecule has 1 aromatic carbocycles. The third-order valence-corrected chi connectivity index (χ3v) is 8.89. The number of nitrogens with one attached hydrogen (secondary N) is 2. The normalized spacial score (nSPS) is 27.1. The summed E-state index contributed by atoms with van der Waals surface area (Å²) in [6, 6.07) is 3.11. The second-order valence-electron chi connectivity index (χ2n) is 11.5. The minimum atomic E-state index is -0.877. The van der Waals surface area contributed by atoms with Crippen molar-refractivity contribution < 1.29 is 23.2 Å². The van der Waals surface area contributed by atoms with Gasteiger partial charge in [-0.2, -0.15) is 0 Å². The quantitative estimate of drug-likeness (QED) is 0.570. The van der Waals surface area contributed by atoms with Crippen LogP contribution >= 0.6 is 0 Å². The van der Waals surface area contributed by atoms with Crippen LogP contribution in [0.5, 0.6) is 0 Å². The number of amides is 3. The lowest BCUT2D eigenvalue weighted by atomic mass is 9.83. The first kappa shape index (κ1) is 27.5. The molecule has 2 bridgehead atoms. The number of terminal acetylenes is 1. The van der Waals surface area contributed by atoms with Crippen molar-refractivity contribution in [2.24, 2.45) is 0 Å². The lowest BCUT2D eigenvalue weighted by Crippen LogP contribution is -2.62. The minimum Gasteiger partial charge on any atom is -0.349 e. The predicted molar refractivity (Wildman–Crippen MR) is 141 cm³/mol. The summed E-state index contributed by atoms with van der Waals surface area (Å²) in [6.07, 6.45) is 10.0. The summed E-state index contributed by atoms with van der Waals surface area (Å²) in [6.45, 7) is 3.62. The van der Waals surface area contributed by atoms with Crippen LogP contribution in [0.2, 0.25) is 0 Å². The molecule has 5 aliphatic rings. The third-order valence-electron chi connectivity index (χ3n) is 8.89. The van der Waals surface area contributed by atoms with Crippen LogP contribution in [0, 0.1) is 24.0 Å². The summed E-state index contributed by atoms with van der Waals surface area (Å²) in [4.78, 5) is 46.6. The molecule has 0 aliphatic carbocycles. The SMILES string of the molecule is C#CC[C@H]1NC(=O)CC2(CCN(Cc3ccc(F)c(F)c3)CC2)NC(=O)[C@@H]2CCCN2C2CCN(CC2)C1=O. The number of benzene rings is 1. The molecule has 5 saturated heterocycles. The van der Waals surface area contributed by atoms with Crippen molar-refractivity contribution in [3.05, 3.63) is 35.4 Å². The number of hydrogen-bond acceptors (Lipinski definition) is 5. The van der Waals surface area contributed by atoms with E-state index in [1.807, 2.05) is 0 Å². The van der Waals surface area contributed by atoms with E-state index in [0.29, 0.717) is 51.1 Å². The van der Waals surface area contributed by atoms with Crippen LogP contribution in [0.3, 0.4) is 0 Å². The Morgan fingerprint density at radius 2 is 1.74 bits per heavy atom. The zero-order chi connectivity index (χ0) is 27.6. The molecule has 0 unspecified atom stereocenters. The lowest BCUT2D eigenvalue weighted by Gasteiger charge is -2.45. The monoisotopic (exact) mass is 541 g/mol. The van der Waals surface area contributed by atoms with Gasteiger partial charge in [-0.3, -0.25) is 24.2 Å². The molecule has 5 heterocycles. The first-order valence-corrected chi connectivity index (χ1v) is 14.0. The smallest absolute Gasteiger partial charge is 0.246 e. The molecule has 5 aliphatic heterocycles. The topological polar surface area (TPSA) is 85.0 Å². The molecule has 0 aromatic heterocycles. The molecule has 3 amide bonds. The Morgan fingerprint density at radius 1 is 1.00 bits per heavy atom. The van der Waals surface area contributed by atoms with E-state index in [9.17, 15) is 23.2 Å². The highest BCUT2D eigenvalue weighted by Gasteiger charge is 2.44. The van der Waals surface area contributed by atoms with Crippen LogP contribution in [0.25, 0.3) is 0 Å². The Morgan fingerprint density at radius 3 is 2.44 bits per heavy atom. The second kappa shape index (κ2) is 11.6. The summed E-state index contributed by atoms with van der Waals surface area (Å²) in [5.74, 6) is 0.281. The summed E-state index contributed by atoms with van der Waals surface area (Å²) in [5, 5.41) is 6.16. The molecule has 10 heteroatoms. The molecule has 0 radical (unpaired) electrons. The van der Waals surface area contributed by atoms with E-state index in [1.54, 1.807) is 11.0 Å². The van der Waals surface area contributed by atoms with Crippen LogP contribution in [0.1, 0.15) is 56.9 Å². The molecule has 8 nitrogen and oxygen atoms in total. The Balaban J connectivity index is 1.35. The van der Waals surface area contributed by atoms with E-state index < -0.39 is 23.2 Å². The van der Waals surface area contributed by atoms with E-state index in [4.69, 9.17) is 6.42 Å². The number of carbonyl (C=O) groups is 3. The number of fused-ring (bicyclic) bond motifs is 7.